The summed E-state index contributed by atoms with van der Waals surface area (Å²) in [6, 6.07) is 17.2. The van der Waals surface area contributed by atoms with Gasteiger partial charge in [-0.1, -0.05) is 17.4 Å². The van der Waals surface area contributed by atoms with Crippen molar-refractivity contribution < 1.29 is 22.7 Å². The molecule has 0 radical (unpaired) electrons. The molecule has 1 amide bonds. The van der Waals surface area contributed by atoms with E-state index >= 15 is 0 Å². The second kappa shape index (κ2) is 10.9. The van der Waals surface area contributed by atoms with Gasteiger partial charge < -0.3 is 9.47 Å². The fourth-order valence-electron chi connectivity index (χ4n) is 4.01. The molecule has 2 aromatic carbocycles. The maximum Gasteiger partial charge on any atom is 0.260 e. The number of morpholine rings is 1. The van der Waals surface area contributed by atoms with E-state index in [0.29, 0.717) is 49.3 Å². The van der Waals surface area contributed by atoms with E-state index in [-0.39, 0.29) is 17.3 Å². The molecule has 0 bridgehead atoms. The van der Waals surface area contributed by atoms with Crippen molar-refractivity contribution >= 4 is 42.6 Å². The third-order valence-corrected chi connectivity index (χ3v) is 8.85. The van der Waals surface area contributed by atoms with Crippen LogP contribution in [0.15, 0.2) is 71.8 Å². The molecule has 37 heavy (non-hydrogen) atoms. The number of carbonyl (C=O) groups excluding carboxylic acids is 1. The minimum atomic E-state index is -3.66. The smallest absolute Gasteiger partial charge is 0.260 e. The number of hydrogen-bond donors (Lipinski definition) is 0. The van der Waals surface area contributed by atoms with Crippen molar-refractivity contribution in [2.45, 2.75) is 18.4 Å². The lowest BCUT2D eigenvalue weighted by molar-refractivity contribution is 0.0730. The van der Waals surface area contributed by atoms with Gasteiger partial charge in [0.1, 0.15) is 5.75 Å². The quantitative estimate of drug-likeness (QED) is 0.335. The lowest BCUT2D eigenvalue weighted by atomic mass is 10.2. The first kappa shape index (κ1) is 25.3. The van der Waals surface area contributed by atoms with Gasteiger partial charge in [-0.2, -0.15) is 4.31 Å². The fraction of sp³-hybridized carbons (Fsp3) is 0.269. The van der Waals surface area contributed by atoms with E-state index in [1.54, 1.807) is 23.2 Å². The summed E-state index contributed by atoms with van der Waals surface area (Å²) in [7, 11) is -3.66. The Hall–Kier alpha value is -3.38. The second-order valence-corrected chi connectivity index (χ2v) is 11.3. The van der Waals surface area contributed by atoms with E-state index in [2.05, 4.69) is 4.98 Å². The number of aromatic nitrogens is 2. The van der Waals surface area contributed by atoms with Gasteiger partial charge in [-0.15, -0.1) is 0 Å². The van der Waals surface area contributed by atoms with Crippen LogP contribution in [-0.2, 0) is 21.3 Å². The molecular formula is C26H26N4O5S2. The highest BCUT2D eigenvalue weighted by atomic mass is 32.2. The monoisotopic (exact) mass is 538 g/mol. The van der Waals surface area contributed by atoms with Crippen molar-refractivity contribution in [3.63, 3.8) is 0 Å². The Labute approximate surface area is 219 Å². The van der Waals surface area contributed by atoms with Gasteiger partial charge in [0.25, 0.3) is 5.91 Å². The Bertz CT molecular complexity index is 1480. The first-order valence-corrected chi connectivity index (χ1v) is 14.1. The number of benzene rings is 2. The van der Waals surface area contributed by atoms with E-state index in [1.807, 2.05) is 43.3 Å². The van der Waals surface area contributed by atoms with E-state index in [9.17, 15) is 13.2 Å². The van der Waals surface area contributed by atoms with Crippen LogP contribution in [0.1, 0.15) is 23.0 Å². The Morgan fingerprint density at radius 2 is 1.89 bits per heavy atom. The van der Waals surface area contributed by atoms with Crippen LogP contribution in [-0.4, -0.2) is 61.5 Å². The number of hydrogen-bond acceptors (Lipinski definition) is 8. The van der Waals surface area contributed by atoms with Crippen LogP contribution >= 0.6 is 11.3 Å². The normalized spacial score (nSPS) is 14.5. The summed E-state index contributed by atoms with van der Waals surface area (Å²) in [5.41, 5.74) is 1.82. The van der Waals surface area contributed by atoms with Crippen molar-refractivity contribution in [1.29, 1.82) is 0 Å². The topological polar surface area (TPSA) is 102 Å². The number of anilines is 1. The third kappa shape index (κ3) is 5.49. The zero-order valence-corrected chi connectivity index (χ0v) is 21.9. The first-order valence-electron chi connectivity index (χ1n) is 11.9. The average Bonchev–Trinajstić information content (AvgIpc) is 3.36. The highest BCUT2D eigenvalue weighted by molar-refractivity contribution is 7.89. The molecule has 1 aliphatic rings. The molecule has 11 heteroatoms. The number of sulfonamides is 1. The van der Waals surface area contributed by atoms with Gasteiger partial charge >= 0.3 is 0 Å². The third-order valence-electron chi connectivity index (χ3n) is 5.89. The summed E-state index contributed by atoms with van der Waals surface area (Å²) in [6.45, 7) is 4.05. The molecule has 1 saturated heterocycles. The second-order valence-electron chi connectivity index (χ2n) is 8.31. The molecule has 1 fully saturated rings. The number of fused-ring (bicyclic) bond motifs is 1. The van der Waals surface area contributed by atoms with Crippen molar-refractivity contribution in [1.82, 2.24) is 14.3 Å². The van der Waals surface area contributed by atoms with E-state index < -0.39 is 10.0 Å². The molecule has 9 nitrogen and oxygen atoms in total. The Morgan fingerprint density at radius 1 is 1.11 bits per heavy atom. The van der Waals surface area contributed by atoms with Gasteiger partial charge in [0.15, 0.2) is 5.13 Å². The Balaban J connectivity index is 1.46. The van der Waals surface area contributed by atoms with Crippen LogP contribution in [0, 0.1) is 0 Å². The molecule has 0 spiro atoms. The number of nitrogens with zero attached hydrogens (tertiary/aromatic N) is 4. The maximum atomic E-state index is 13.7. The van der Waals surface area contributed by atoms with Crippen LogP contribution < -0.4 is 9.64 Å². The van der Waals surface area contributed by atoms with Gasteiger partial charge in [-0.05, 0) is 61.5 Å². The molecule has 0 atom stereocenters. The predicted octanol–water partition coefficient (Wildman–Crippen LogP) is 3.96. The van der Waals surface area contributed by atoms with Crippen LogP contribution in [0.2, 0.25) is 0 Å². The molecule has 1 aliphatic heterocycles. The van der Waals surface area contributed by atoms with Crippen LogP contribution in [0.4, 0.5) is 5.13 Å². The number of thiazole rings is 1. The van der Waals surface area contributed by atoms with Gasteiger partial charge in [-0.25, -0.2) is 13.4 Å². The number of amides is 1. The lowest BCUT2D eigenvalue weighted by Crippen LogP contribution is -2.40. The van der Waals surface area contributed by atoms with E-state index in [0.717, 1.165) is 16.0 Å². The average molecular weight is 539 g/mol. The predicted molar refractivity (Wildman–Crippen MR) is 142 cm³/mol. The molecule has 0 saturated carbocycles. The molecule has 2 aromatic heterocycles. The molecule has 192 valence electrons. The number of pyridine rings is 1. The molecule has 4 aromatic rings. The lowest BCUT2D eigenvalue weighted by Gasteiger charge is -2.26. The largest absolute Gasteiger partial charge is 0.494 e. The summed E-state index contributed by atoms with van der Waals surface area (Å²) in [5.74, 6) is 0.440. The fourth-order valence-corrected chi connectivity index (χ4v) is 6.41. The standard InChI is InChI=1S/C26H26N4O5S2/c1-2-35-21-8-11-23-24(17-21)36-26(28-23)30(18-20-5-3-4-12-27-20)25(31)19-6-9-22(10-7-19)37(32,33)29-13-15-34-16-14-29/h3-12,17H,2,13-16,18H2,1H3. The first-order chi connectivity index (χ1) is 18.0. The minimum Gasteiger partial charge on any atom is -0.494 e. The van der Waals surface area contributed by atoms with Crippen molar-refractivity contribution in [3.05, 3.63) is 78.1 Å². The number of rotatable bonds is 8. The van der Waals surface area contributed by atoms with Crippen molar-refractivity contribution in [2.75, 3.05) is 37.8 Å². The summed E-state index contributed by atoms with van der Waals surface area (Å²) in [4.78, 5) is 24.5. The van der Waals surface area contributed by atoms with Crippen LogP contribution in [0.3, 0.4) is 0 Å². The van der Waals surface area contributed by atoms with Crippen LogP contribution in [0.25, 0.3) is 10.2 Å². The van der Waals surface area contributed by atoms with E-state index in [4.69, 9.17) is 14.5 Å². The zero-order valence-electron chi connectivity index (χ0n) is 20.2. The van der Waals surface area contributed by atoms with Crippen molar-refractivity contribution in [3.8, 4) is 5.75 Å². The molecule has 0 aliphatic carbocycles. The SMILES string of the molecule is CCOc1ccc2nc(N(Cc3ccccn3)C(=O)c3ccc(S(=O)(=O)N4CCOCC4)cc3)sc2c1. The summed E-state index contributed by atoms with van der Waals surface area (Å²) >= 11 is 1.39. The van der Waals surface area contributed by atoms with Gasteiger partial charge in [0.05, 0.1) is 47.2 Å². The summed E-state index contributed by atoms with van der Waals surface area (Å²) in [6.07, 6.45) is 1.68. The Kier molecular flexibility index (Phi) is 7.47. The summed E-state index contributed by atoms with van der Waals surface area (Å²) in [5, 5.41) is 0.518. The zero-order chi connectivity index (χ0) is 25.8. The minimum absolute atomic E-state index is 0.144. The number of carbonyl (C=O) groups is 1. The molecule has 3 heterocycles. The number of ether oxygens (including phenoxy) is 2. The molecule has 5 rings (SSSR count). The Morgan fingerprint density at radius 3 is 2.59 bits per heavy atom. The molecule has 0 N–H and O–H groups in total. The molecular weight excluding hydrogens is 512 g/mol. The van der Waals surface area contributed by atoms with Gasteiger partial charge in [-0.3, -0.25) is 14.7 Å². The van der Waals surface area contributed by atoms with Gasteiger partial charge in [0.2, 0.25) is 10.0 Å². The molecule has 0 unspecified atom stereocenters. The maximum absolute atomic E-state index is 13.7. The van der Waals surface area contributed by atoms with Gasteiger partial charge in [0, 0.05) is 24.8 Å². The van der Waals surface area contributed by atoms with Crippen LogP contribution in [0.5, 0.6) is 5.75 Å². The van der Waals surface area contributed by atoms with Crippen molar-refractivity contribution in [2.24, 2.45) is 0 Å². The summed E-state index contributed by atoms with van der Waals surface area (Å²) < 4.78 is 39.1. The highest BCUT2D eigenvalue weighted by Gasteiger charge is 2.27. The highest BCUT2D eigenvalue weighted by Crippen LogP contribution is 2.33. The van der Waals surface area contributed by atoms with E-state index in [1.165, 1.54) is 27.8 Å².